The third kappa shape index (κ3) is 3.21. The van der Waals surface area contributed by atoms with E-state index in [0.29, 0.717) is 6.42 Å². The van der Waals surface area contributed by atoms with Gasteiger partial charge in [0.1, 0.15) is 5.54 Å². The van der Waals surface area contributed by atoms with Crippen LogP contribution in [0.5, 0.6) is 0 Å². The third-order valence-electron chi connectivity index (χ3n) is 3.81. The molecule has 2 atom stereocenters. The SMILES string of the molecule is CCCC(C)(C(=O)O)N(C)C(C)C(C)(C)C. The predicted octanol–water partition coefficient (Wildman–Crippen LogP) is 3.00. The number of hydrogen-bond donors (Lipinski definition) is 1. The highest BCUT2D eigenvalue weighted by molar-refractivity contribution is 5.78. The lowest BCUT2D eigenvalue weighted by atomic mass is 9.83. The molecule has 2 unspecified atom stereocenters. The summed E-state index contributed by atoms with van der Waals surface area (Å²) in [6.45, 7) is 12.4. The Balaban J connectivity index is 5.03. The van der Waals surface area contributed by atoms with Gasteiger partial charge in [-0.2, -0.15) is 0 Å². The lowest BCUT2D eigenvalue weighted by Gasteiger charge is -2.44. The van der Waals surface area contributed by atoms with E-state index in [9.17, 15) is 9.90 Å². The molecule has 0 rings (SSSR count). The average molecular weight is 229 g/mol. The van der Waals surface area contributed by atoms with Gasteiger partial charge in [0.2, 0.25) is 0 Å². The lowest BCUT2D eigenvalue weighted by molar-refractivity contribution is -0.153. The van der Waals surface area contributed by atoms with E-state index in [1.54, 1.807) is 0 Å². The standard InChI is InChI=1S/C13H27NO2/c1-8-9-13(6,11(15)16)14(7)10(2)12(3,4)5/h10H,8-9H2,1-7H3,(H,15,16). The fraction of sp³-hybridized carbons (Fsp3) is 0.923. The van der Waals surface area contributed by atoms with Crippen molar-refractivity contribution in [2.75, 3.05) is 7.05 Å². The summed E-state index contributed by atoms with van der Waals surface area (Å²) < 4.78 is 0. The first-order valence-electron chi connectivity index (χ1n) is 6.03. The maximum absolute atomic E-state index is 11.4. The second kappa shape index (κ2) is 5.17. The Labute approximate surface area is 99.8 Å². The molecule has 0 bridgehead atoms. The van der Waals surface area contributed by atoms with E-state index in [0.717, 1.165) is 6.42 Å². The van der Waals surface area contributed by atoms with Crippen LogP contribution in [-0.4, -0.2) is 34.6 Å². The van der Waals surface area contributed by atoms with Gasteiger partial charge >= 0.3 is 5.97 Å². The molecule has 16 heavy (non-hydrogen) atoms. The van der Waals surface area contributed by atoms with E-state index < -0.39 is 11.5 Å². The normalized spacial score (nSPS) is 18.2. The van der Waals surface area contributed by atoms with Gasteiger partial charge < -0.3 is 5.11 Å². The molecule has 96 valence electrons. The van der Waals surface area contributed by atoms with E-state index in [1.807, 2.05) is 25.8 Å². The molecule has 0 aliphatic heterocycles. The second-order valence-corrected chi connectivity index (χ2v) is 5.98. The third-order valence-corrected chi connectivity index (χ3v) is 3.81. The molecular formula is C13H27NO2. The molecule has 1 N–H and O–H groups in total. The average Bonchev–Trinajstić information content (AvgIpc) is 2.14. The van der Waals surface area contributed by atoms with Gasteiger partial charge in [-0.15, -0.1) is 0 Å². The van der Waals surface area contributed by atoms with Gasteiger partial charge in [0.05, 0.1) is 0 Å². The number of likely N-dealkylation sites (N-methyl/N-ethyl adjacent to an activating group) is 1. The number of nitrogens with zero attached hydrogens (tertiary/aromatic N) is 1. The Hall–Kier alpha value is -0.570. The van der Waals surface area contributed by atoms with Crippen LogP contribution in [0.1, 0.15) is 54.4 Å². The zero-order valence-electron chi connectivity index (χ0n) is 11.8. The van der Waals surface area contributed by atoms with Gasteiger partial charge in [0.25, 0.3) is 0 Å². The Bertz CT molecular complexity index is 245. The molecule has 0 spiro atoms. The van der Waals surface area contributed by atoms with Crippen molar-refractivity contribution in [3.63, 3.8) is 0 Å². The fourth-order valence-electron chi connectivity index (χ4n) is 1.93. The summed E-state index contributed by atoms with van der Waals surface area (Å²) in [6, 6.07) is 0.222. The number of carboxylic acid groups (broad SMARTS) is 1. The summed E-state index contributed by atoms with van der Waals surface area (Å²) in [4.78, 5) is 13.4. The molecule has 0 heterocycles. The van der Waals surface area contributed by atoms with Crippen LogP contribution in [0.15, 0.2) is 0 Å². The lowest BCUT2D eigenvalue weighted by Crippen LogP contribution is -2.56. The first kappa shape index (κ1) is 15.4. The summed E-state index contributed by atoms with van der Waals surface area (Å²) in [5, 5.41) is 9.41. The van der Waals surface area contributed by atoms with Gasteiger partial charge in [0, 0.05) is 6.04 Å². The summed E-state index contributed by atoms with van der Waals surface area (Å²) in [7, 11) is 1.92. The van der Waals surface area contributed by atoms with Crippen molar-refractivity contribution in [2.45, 2.75) is 66.0 Å². The quantitative estimate of drug-likeness (QED) is 0.788. The number of carboxylic acids is 1. The van der Waals surface area contributed by atoms with Crippen LogP contribution < -0.4 is 0 Å². The first-order chi connectivity index (χ1) is 7.07. The molecule has 0 aromatic rings. The zero-order chi connectivity index (χ0) is 13.1. The molecule has 0 aromatic heterocycles. The highest BCUT2D eigenvalue weighted by Gasteiger charge is 2.41. The molecule has 0 saturated heterocycles. The summed E-state index contributed by atoms with van der Waals surface area (Å²) in [6.07, 6.45) is 1.56. The number of aliphatic carboxylic acids is 1. The van der Waals surface area contributed by atoms with Crippen LogP contribution in [0.25, 0.3) is 0 Å². The van der Waals surface area contributed by atoms with E-state index in [4.69, 9.17) is 0 Å². The molecule has 0 amide bonds. The predicted molar refractivity (Wildman–Crippen MR) is 67.6 cm³/mol. The minimum Gasteiger partial charge on any atom is -0.480 e. The molecule has 0 radical (unpaired) electrons. The summed E-state index contributed by atoms with van der Waals surface area (Å²) in [5.41, 5.74) is -0.680. The molecule has 0 fully saturated rings. The minimum absolute atomic E-state index is 0.0825. The largest absolute Gasteiger partial charge is 0.480 e. The van der Waals surface area contributed by atoms with Gasteiger partial charge in [0.15, 0.2) is 0 Å². The van der Waals surface area contributed by atoms with Crippen LogP contribution in [0, 0.1) is 5.41 Å². The summed E-state index contributed by atoms with van der Waals surface area (Å²) in [5.74, 6) is -0.729. The second-order valence-electron chi connectivity index (χ2n) is 5.98. The van der Waals surface area contributed by atoms with E-state index in [1.165, 1.54) is 0 Å². The van der Waals surface area contributed by atoms with Crippen molar-refractivity contribution in [2.24, 2.45) is 5.41 Å². The van der Waals surface area contributed by atoms with Crippen LogP contribution >= 0.6 is 0 Å². The van der Waals surface area contributed by atoms with E-state index >= 15 is 0 Å². The highest BCUT2D eigenvalue weighted by Crippen LogP contribution is 2.30. The van der Waals surface area contributed by atoms with Gasteiger partial charge in [-0.1, -0.05) is 34.1 Å². The molecule has 0 aromatic carbocycles. The Morgan fingerprint density at radius 2 is 1.75 bits per heavy atom. The van der Waals surface area contributed by atoms with E-state index in [2.05, 4.69) is 27.7 Å². The van der Waals surface area contributed by atoms with Crippen LogP contribution in [0.2, 0.25) is 0 Å². The van der Waals surface area contributed by atoms with Gasteiger partial charge in [-0.05, 0) is 32.7 Å². The van der Waals surface area contributed by atoms with Crippen molar-refractivity contribution in [1.82, 2.24) is 4.90 Å². The zero-order valence-corrected chi connectivity index (χ0v) is 11.8. The summed E-state index contributed by atoms with van der Waals surface area (Å²) >= 11 is 0. The van der Waals surface area contributed by atoms with E-state index in [-0.39, 0.29) is 11.5 Å². The van der Waals surface area contributed by atoms with Crippen molar-refractivity contribution in [3.05, 3.63) is 0 Å². The Morgan fingerprint density at radius 1 is 1.31 bits per heavy atom. The van der Waals surface area contributed by atoms with Gasteiger partial charge in [-0.25, -0.2) is 0 Å². The molecular weight excluding hydrogens is 202 g/mol. The van der Waals surface area contributed by atoms with Crippen molar-refractivity contribution < 1.29 is 9.90 Å². The van der Waals surface area contributed by atoms with Crippen molar-refractivity contribution >= 4 is 5.97 Å². The molecule has 3 nitrogen and oxygen atoms in total. The number of hydrogen-bond acceptors (Lipinski definition) is 2. The van der Waals surface area contributed by atoms with Gasteiger partial charge in [-0.3, -0.25) is 9.69 Å². The maximum atomic E-state index is 11.4. The molecule has 0 aliphatic rings. The maximum Gasteiger partial charge on any atom is 0.323 e. The molecule has 3 heteroatoms. The smallest absolute Gasteiger partial charge is 0.323 e. The Kier molecular flexibility index (Phi) is 4.99. The van der Waals surface area contributed by atoms with Crippen LogP contribution in [0.4, 0.5) is 0 Å². The van der Waals surface area contributed by atoms with Crippen molar-refractivity contribution in [3.8, 4) is 0 Å². The van der Waals surface area contributed by atoms with Crippen molar-refractivity contribution in [1.29, 1.82) is 0 Å². The van der Waals surface area contributed by atoms with Crippen LogP contribution in [-0.2, 0) is 4.79 Å². The molecule has 0 aliphatic carbocycles. The minimum atomic E-state index is -0.762. The molecule has 0 saturated carbocycles. The number of rotatable bonds is 5. The monoisotopic (exact) mass is 229 g/mol. The number of carbonyl (C=O) groups is 1. The van der Waals surface area contributed by atoms with Crippen LogP contribution in [0.3, 0.4) is 0 Å². The topological polar surface area (TPSA) is 40.5 Å². The highest BCUT2D eigenvalue weighted by atomic mass is 16.4. The fourth-order valence-corrected chi connectivity index (χ4v) is 1.93. The first-order valence-corrected chi connectivity index (χ1v) is 6.03. The Morgan fingerprint density at radius 3 is 2.00 bits per heavy atom.